The lowest BCUT2D eigenvalue weighted by molar-refractivity contribution is 0.898. The zero-order valence-electron chi connectivity index (χ0n) is 18.4. The number of benzene rings is 1. The van der Waals surface area contributed by atoms with E-state index < -0.39 is 0 Å². The summed E-state index contributed by atoms with van der Waals surface area (Å²) in [7, 11) is 0. The number of pyridine rings is 2. The molecule has 0 aliphatic carbocycles. The molecule has 0 aliphatic heterocycles. The van der Waals surface area contributed by atoms with Gasteiger partial charge in [0.05, 0.1) is 32.3 Å². The zero-order valence-corrected chi connectivity index (χ0v) is 20.0. The van der Waals surface area contributed by atoms with Gasteiger partial charge >= 0.3 is 0 Å². The minimum atomic E-state index is 0.316. The molecule has 0 aliphatic rings. The van der Waals surface area contributed by atoms with Gasteiger partial charge in [-0.2, -0.15) is 5.10 Å². The van der Waals surface area contributed by atoms with E-state index in [1.54, 1.807) is 0 Å². The van der Waals surface area contributed by atoms with E-state index >= 15 is 0 Å². The van der Waals surface area contributed by atoms with Gasteiger partial charge in [0.1, 0.15) is 5.52 Å². The molecule has 0 fully saturated rings. The number of nitrogens with zero attached hydrogens (tertiary/aromatic N) is 4. The summed E-state index contributed by atoms with van der Waals surface area (Å²) < 4.78 is 0.750. The van der Waals surface area contributed by atoms with E-state index in [0.29, 0.717) is 17.6 Å². The van der Waals surface area contributed by atoms with Crippen LogP contribution in [-0.4, -0.2) is 36.2 Å². The Balaban J connectivity index is 1.45. The van der Waals surface area contributed by atoms with Crippen molar-refractivity contribution in [2.24, 2.45) is 0 Å². The van der Waals surface area contributed by atoms with E-state index in [1.165, 1.54) is 11.3 Å². The lowest BCUT2D eigenvalue weighted by Crippen LogP contribution is -2.09. The SMILES string of the molecule is CC(C)Nc1cncc(-c2ccc3[nH]nc(-c4nc5c(-c6ccc(Cl)s6)cccc5[nH]4)c3n2)c1. The van der Waals surface area contributed by atoms with Crippen LogP contribution in [0.3, 0.4) is 0 Å². The van der Waals surface area contributed by atoms with Crippen LogP contribution in [0.25, 0.3) is 55.3 Å². The van der Waals surface area contributed by atoms with Gasteiger partial charge < -0.3 is 10.3 Å². The summed E-state index contributed by atoms with van der Waals surface area (Å²) in [6.07, 6.45) is 3.64. The molecular weight excluding hydrogens is 466 g/mol. The Kier molecular flexibility index (Phi) is 5.04. The van der Waals surface area contributed by atoms with E-state index in [-0.39, 0.29) is 0 Å². The second kappa shape index (κ2) is 8.23. The Labute approximate surface area is 204 Å². The summed E-state index contributed by atoms with van der Waals surface area (Å²) in [4.78, 5) is 18.7. The number of aromatic amines is 2. The molecule has 34 heavy (non-hydrogen) atoms. The largest absolute Gasteiger partial charge is 0.382 e. The van der Waals surface area contributed by atoms with Gasteiger partial charge in [-0.05, 0) is 50.2 Å². The number of halogens is 1. The van der Waals surface area contributed by atoms with Crippen LogP contribution < -0.4 is 5.32 Å². The molecule has 0 atom stereocenters. The fraction of sp³-hybridized carbons (Fsp3) is 0.120. The number of thiophene rings is 1. The number of hydrogen-bond donors (Lipinski definition) is 3. The monoisotopic (exact) mass is 485 g/mol. The Morgan fingerprint density at radius 1 is 0.971 bits per heavy atom. The predicted octanol–water partition coefficient (Wildman–Crippen LogP) is 6.77. The number of hydrogen-bond acceptors (Lipinski definition) is 6. The van der Waals surface area contributed by atoms with Crippen molar-refractivity contribution < 1.29 is 0 Å². The molecule has 0 amide bonds. The lowest BCUT2D eigenvalue weighted by atomic mass is 10.1. The van der Waals surface area contributed by atoms with Crippen molar-refractivity contribution in [3.63, 3.8) is 0 Å². The second-order valence-corrected chi connectivity index (χ2v) is 10.0. The summed E-state index contributed by atoms with van der Waals surface area (Å²) >= 11 is 7.71. The van der Waals surface area contributed by atoms with Crippen LogP contribution in [-0.2, 0) is 0 Å². The van der Waals surface area contributed by atoms with Gasteiger partial charge in [-0.3, -0.25) is 10.1 Å². The minimum Gasteiger partial charge on any atom is -0.382 e. The number of imidazole rings is 1. The second-order valence-electron chi connectivity index (χ2n) is 8.32. The molecule has 0 saturated carbocycles. The van der Waals surface area contributed by atoms with Crippen LogP contribution in [0.2, 0.25) is 4.34 Å². The Morgan fingerprint density at radius 3 is 2.71 bits per heavy atom. The molecule has 7 nitrogen and oxygen atoms in total. The molecule has 5 heterocycles. The van der Waals surface area contributed by atoms with Gasteiger partial charge in [0.2, 0.25) is 0 Å². The molecule has 168 valence electrons. The number of nitrogens with one attached hydrogen (secondary N) is 3. The first kappa shape index (κ1) is 20.8. The maximum absolute atomic E-state index is 6.17. The molecule has 6 rings (SSSR count). The molecule has 3 N–H and O–H groups in total. The van der Waals surface area contributed by atoms with E-state index in [9.17, 15) is 0 Å². The molecule has 0 saturated heterocycles. The van der Waals surface area contributed by atoms with Crippen LogP contribution in [0.4, 0.5) is 5.69 Å². The number of rotatable bonds is 5. The number of para-hydroxylation sites is 1. The Bertz CT molecular complexity index is 1650. The predicted molar refractivity (Wildman–Crippen MR) is 139 cm³/mol. The van der Waals surface area contributed by atoms with Gasteiger partial charge in [-0.15, -0.1) is 11.3 Å². The Morgan fingerprint density at radius 2 is 1.88 bits per heavy atom. The smallest absolute Gasteiger partial charge is 0.161 e. The average molecular weight is 486 g/mol. The Hall–Kier alpha value is -3.75. The van der Waals surface area contributed by atoms with E-state index in [4.69, 9.17) is 21.6 Å². The van der Waals surface area contributed by atoms with E-state index in [2.05, 4.69) is 51.5 Å². The maximum atomic E-state index is 6.17. The highest BCUT2D eigenvalue weighted by Crippen LogP contribution is 2.36. The average Bonchev–Trinajstić information content (AvgIpc) is 3.55. The summed E-state index contributed by atoms with van der Waals surface area (Å²) in [5.41, 5.74) is 7.81. The third-order valence-corrected chi connectivity index (χ3v) is 6.74. The zero-order chi connectivity index (χ0) is 23.2. The molecule has 0 unspecified atom stereocenters. The third-order valence-electron chi connectivity index (χ3n) is 5.47. The van der Waals surface area contributed by atoms with Gasteiger partial charge in [-0.1, -0.05) is 23.7 Å². The molecule has 1 aromatic carbocycles. The summed E-state index contributed by atoms with van der Waals surface area (Å²) in [5, 5.41) is 11.0. The van der Waals surface area contributed by atoms with Crippen molar-refractivity contribution in [2.45, 2.75) is 19.9 Å². The number of anilines is 1. The molecule has 5 aromatic heterocycles. The summed E-state index contributed by atoms with van der Waals surface area (Å²) in [6.45, 7) is 4.20. The lowest BCUT2D eigenvalue weighted by Gasteiger charge is -2.10. The highest BCUT2D eigenvalue weighted by atomic mass is 35.5. The standard InChI is InChI=1S/C25H20ClN7S/c1-13(2)28-15-10-14(11-27-12-15)17-6-7-19-23(29-17)24(33-32-19)25-30-18-5-3-4-16(22(18)31-25)20-8-9-21(26)34-20/h3-13,28H,1-2H3,(H,30,31)(H,32,33). The first-order valence-corrected chi connectivity index (χ1v) is 12.1. The van der Waals surface area contributed by atoms with Crippen molar-refractivity contribution >= 4 is 50.7 Å². The quantitative estimate of drug-likeness (QED) is 0.250. The van der Waals surface area contributed by atoms with Gasteiger partial charge in [0.25, 0.3) is 0 Å². The fourth-order valence-electron chi connectivity index (χ4n) is 4.02. The van der Waals surface area contributed by atoms with Crippen molar-refractivity contribution in [1.82, 2.24) is 30.1 Å². The third kappa shape index (κ3) is 3.70. The molecule has 0 spiro atoms. The van der Waals surface area contributed by atoms with Gasteiger partial charge in [0, 0.05) is 34.4 Å². The summed E-state index contributed by atoms with van der Waals surface area (Å²) in [6, 6.07) is 16.3. The summed E-state index contributed by atoms with van der Waals surface area (Å²) in [5.74, 6) is 0.661. The molecule has 6 aromatic rings. The van der Waals surface area contributed by atoms with Gasteiger partial charge in [-0.25, -0.2) is 9.97 Å². The molecule has 9 heteroatoms. The molecule has 0 radical (unpaired) electrons. The first-order chi connectivity index (χ1) is 16.5. The number of aromatic nitrogens is 6. The van der Waals surface area contributed by atoms with Gasteiger partial charge in [0.15, 0.2) is 11.5 Å². The van der Waals surface area contributed by atoms with Crippen molar-refractivity contribution in [3.8, 4) is 33.2 Å². The topological polar surface area (TPSA) is 95.2 Å². The maximum Gasteiger partial charge on any atom is 0.161 e. The van der Waals surface area contributed by atoms with E-state index in [1.807, 2.05) is 48.8 Å². The van der Waals surface area contributed by atoms with Crippen LogP contribution in [0.5, 0.6) is 0 Å². The van der Waals surface area contributed by atoms with Crippen LogP contribution in [0, 0.1) is 0 Å². The van der Waals surface area contributed by atoms with Crippen molar-refractivity contribution in [1.29, 1.82) is 0 Å². The number of fused-ring (bicyclic) bond motifs is 2. The highest BCUT2D eigenvalue weighted by Gasteiger charge is 2.17. The highest BCUT2D eigenvalue weighted by molar-refractivity contribution is 7.19. The van der Waals surface area contributed by atoms with Crippen molar-refractivity contribution in [3.05, 3.63) is 65.3 Å². The van der Waals surface area contributed by atoms with Crippen LogP contribution in [0.15, 0.2) is 60.9 Å². The normalized spacial score (nSPS) is 11.6. The fourth-order valence-corrected chi connectivity index (χ4v) is 5.09. The van der Waals surface area contributed by atoms with Crippen LogP contribution >= 0.6 is 22.9 Å². The molecular formula is C25H20ClN7S. The van der Waals surface area contributed by atoms with Crippen molar-refractivity contribution in [2.75, 3.05) is 5.32 Å². The molecule has 0 bridgehead atoms. The minimum absolute atomic E-state index is 0.316. The first-order valence-electron chi connectivity index (χ1n) is 10.9. The number of H-pyrrole nitrogens is 2. The van der Waals surface area contributed by atoms with E-state index in [0.717, 1.165) is 53.8 Å². The van der Waals surface area contributed by atoms with Crippen LogP contribution in [0.1, 0.15) is 13.8 Å².